The predicted octanol–water partition coefficient (Wildman–Crippen LogP) is -1.56. The summed E-state index contributed by atoms with van der Waals surface area (Å²) in [5.74, 6) is -0.412. The first kappa shape index (κ1) is 8.50. The van der Waals surface area contributed by atoms with Gasteiger partial charge in [-0.05, 0) is 19.4 Å². The summed E-state index contributed by atoms with van der Waals surface area (Å²) in [5.41, 5.74) is 4.66. The van der Waals surface area contributed by atoms with Crippen LogP contribution in [0.15, 0.2) is 0 Å². The lowest BCUT2D eigenvalue weighted by Crippen LogP contribution is -2.71. The van der Waals surface area contributed by atoms with Crippen LogP contribution in [0.4, 0.5) is 0 Å². The molecular weight excluding hydrogens is 170 g/mol. The van der Waals surface area contributed by atoms with Crippen molar-refractivity contribution >= 4 is 11.8 Å². The van der Waals surface area contributed by atoms with E-state index in [-0.39, 0.29) is 18.0 Å². The normalized spacial score (nSPS) is 32.3. The molecule has 5 heteroatoms. The van der Waals surface area contributed by atoms with Crippen LogP contribution in [-0.2, 0) is 9.59 Å². The van der Waals surface area contributed by atoms with E-state index in [0.717, 1.165) is 19.4 Å². The lowest BCUT2D eigenvalue weighted by Gasteiger charge is -2.46. The van der Waals surface area contributed by atoms with Crippen molar-refractivity contribution in [3.05, 3.63) is 0 Å². The Hall–Kier alpha value is -1.10. The number of rotatable bonds is 2. The number of β-lactam (4-membered cyclic amide) rings is 1. The van der Waals surface area contributed by atoms with Crippen LogP contribution in [0, 0.1) is 0 Å². The molecule has 2 aliphatic heterocycles. The third kappa shape index (κ3) is 1.19. The Morgan fingerprint density at radius 3 is 2.92 bits per heavy atom. The van der Waals surface area contributed by atoms with E-state index in [2.05, 4.69) is 5.32 Å². The first-order chi connectivity index (χ1) is 6.14. The number of hydrogen-bond acceptors (Lipinski definition) is 3. The maximum atomic E-state index is 11.6. The van der Waals surface area contributed by atoms with E-state index >= 15 is 0 Å². The van der Waals surface area contributed by atoms with E-state index in [9.17, 15) is 9.59 Å². The highest BCUT2D eigenvalue weighted by Gasteiger charge is 2.53. The van der Waals surface area contributed by atoms with E-state index in [1.807, 2.05) is 0 Å². The molecule has 2 heterocycles. The van der Waals surface area contributed by atoms with Gasteiger partial charge in [0.1, 0.15) is 5.54 Å². The minimum absolute atomic E-state index is 0.0313. The minimum atomic E-state index is -0.443. The molecule has 0 aromatic carbocycles. The smallest absolute Gasteiger partial charge is 0.245 e. The number of primary amides is 1. The zero-order valence-corrected chi connectivity index (χ0v) is 7.38. The van der Waals surface area contributed by atoms with E-state index in [1.165, 1.54) is 4.90 Å². The highest BCUT2D eigenvalue weighted by Crippen LogP contribution is 2.30. The number of nitrogens with two attached hydrogens (primary N) is 1. The summed E-state index contributed by atoms with van der Waals surface area (Å²) in [5, 5.41) is 3.18. The quantitative estimate of drug-likeness (QED) is 0.508. The number of nitrogens with one attached hydrogen (secondary N) is 1. The molecule has 0 aromatic heterocycles. The van der Waals surface area contributed by atoms with Crippen LogP contribution >= 0.6 is 0 Å². The zero-order chi connectivity index (χ0) is 9.47. The molecule has 2 saturated heterocycles. The molecule has 2 amide bonds. The number of carbonyl (C=O) groups excluding carboxylic acids is 2. The summed E-state index contributed by atoms with van der Waals surface area (Å²) in [7, 11) is 0. The SMILES string of the molecule is NC(=O)CN1CC2(CCCN2)C1=O. The molecular formula is C8H13N3O2. The largest absolute Gasteiger partial charge is 0.368 e. The van der Waals surface area contributed by atoms with Crippen molar-refractivity contribution in [3.63, 3.8) is 0 Å². The van der Waals surface area contributed by atoms with Gasteiger partial charge in [0.05, 0.1) is 6.54 Å². The van der Waals surface area contributed by atoms with Gasteiger partial charge in [0.25, 0.3) is 0 Å². The topological polar surface area (TPSA) is 75.4 Å². The van der Waals surface area contributed by atoms with Crippen LogP contribution in [-0.4, -0.2) is 41.9 Å². The maximum Gasteiger partial charge on any atom is 0.245 e. The van der Waals surface area contributed by atoms with Crippen molar-refractivity contribution < 1.29 is 9.59 Å². The summed E-state index contributed by atoms with van der Waals surface area (Å²) in [6, 6.07) is 0. The van der Waals surface area contributed by atoms with Gasteiger partial charge in [-0.2, -0.15) is 0 Å². The van der Waals surface area contributed by atoms with Crippen LogP contribution in [0.2, 0.25) is 0 Å². The summed E-state index contributed by atoms with van der Waals surface area (Å²) in [6.07, 6.45) is 1.93. The number of nitrogens with zero attached hydrogens (tertiary/aromatic N) is 1. The van der Waals surface area contributed by atoms with E-state index in [4.69, 9.17) is 5.73 Å². The highest BCUT2D eigenvalue weighted by atomic mass is 16.2. The number of hydrogen-bond donors (Lipinski definition) is 2. The Balaban J connectivity index is 1.95. The molecule has 1 unspecified atom stereocenters. The number of amides is 2. The predicted molar refractivity (Wildman–Crippen MR) is 45.7 cm³/mol. The molecule has 1 spiro atoms. The molecule has 0 aromatic rings. The van der Waals surface area contributed by atoms with Gasteiger partial charge in [-0.3, -0.25) is 9.59 Å². The van der Waals surface area contributed by atoms with Gasteiger partial charge in [-0.15, -0.1) is 0 Å². The summed E-state index contributed by atoms with van der Waals surface area (Å²) in [4.78, 5) is 23.6. The zero-order valence-electron chi connectivity index (χ0n) is 7.38. The fourth-order valence-corrected chi connectivity index (χ4v) is 2.12. The Labute approximate surface area is 76.3 Å². The highest BCUT2D eigenvalue weighted by molar-refractivity contribution is 5.95. The first-order valence-corrected chi connectivity index (χ1v) is 4.47. The Bertz CT molecular complexity index is 258. The second-order valence-corrected chi connectivity index (χ2v) is 3.74. The van der Waals surface area contributed by atoms with Crippen LogP contribution in [0.5, 0.6) is 0 Å². The van der Waals surface area contributed by atoms with Gasteiger partial charge in [0, 0.05) is 6.54 Å². The standard InChI is InChI=1S/C8H13N3O2/c9-6(12)4-11-5-8(7(11)13)2-1-3-10-8/h10H,1-5H2,(H2,9,12). The Morgan fingerprint density at radius 1 is 1.69 bits per heavy atom. The van der Waals surface area contributed by atoms with E-state index in [1.54, 1.807) is 0 Å². The molecule has 13 heavy (non-hydrogen) atoms. The molecule has 0 aliphatic carbocycles. The molecule has 0 bridgehead atoms. The van der Waals surface area contributed by atoms with Crippen molar-refractivity contribution in [1.82, 2.24) is 10.2 Å². The molecule has 2 fully saturated rings. The van der Waals surface area contributed by atoms with Crippen molar-refractivity contribution in [2.75, 3.05) is 19.6 Å². The molecule has 3 N–H and O–H groups in total. The van der Waals surface area contributed by atoms with Gasteiger partial charge in [0.2, 0.25) is 11.8 Å². The van der Waals surface area contributed by atoms with Crippen molar-refractivity contribution in [3.8, 4) is 0 Å². The van der Waals surface area contributed by atoms with Crippen LogP contribution in [0.1, 0.15) is 12.8 Å². The molecule has 2 rings (SSSR count). The lowest BCUT2D eigenvalue weighted by atomic mass is 9.87. The van der Waals surface area contributed by atoms with Crippen molar-refractivity contribution in [2.24, 2.45) is 5.73 Å². The Morgan fingerprint density at radius 2 is 2.46 bits per heavy atom. The van der Waals surface area contributed by atoms with Gasteiger partial charge < -0.3 is 16.0 Å². The van der Waals surface area contributed by atoms with E-state index < -0.39 is 5.91 Å². The van der Waals surface area contributed by atoms with Gasteiger partial charge in [-0.1, -0.05) is 0 Å². The second kappa shape index (κ2) is 2.70. The molecule has 2 aliphatic rings. The lowest BCUT2D eigenvalue weighted by molar-refractivity contribution is -0.154. The molecule has 72 valence electrons. The molecule has 5 nitrogen and oxygen atoms in total. The third-order valence-electron chi connectivity index (χ3n) is 2.75. The van der Waals surface area contributed by atoms with Crippen LogP contribution in [0.25, 0.3) is 0 Å². The number of likely N-dealkylation sites (tertiary alicyclic amines) is 1. The van der Waals surface area contributed by atoms with Crippen LogP contribution < -0.4 is 11.1 Å². The van der Waals surface area contributed by atoms with Crippen molar-refractivity contribution in [2.45, 2.75) is 18.4 Å². The maximum absolute atomic E-state index is 11.6. The average Bonchev–Trinajstić information content (AvgIpc) is 2.53. The fraction of sp³-hybridized carbons (Fsp3) is 0.750. The summed E-state index contributed by atoms with van der Waals surface area (Å²) < 4.78 is 0. The molecule has 1 atom stereocenters. The summed E-state index contributed by atoms with van der Waals surface area (Å²) in [6.45, 7) is 1.59. The van der Waals surface area contributed by atoms with Crippen LogP contribution in [0.3, 0.4) is 0 Å². The Kier molecular flexibility index (Phi) is 1.76. The second-order valence-electron chi connectivity index (χ2n) is 3.74. The van der Waals surface area contributed by atoms with Gasteiger partial charge in [-0.25, -0.2) is 0 Å². The molecule has 0 radical (unpaired) electrons. The average molecular weight is 183 g/mol. The number of carbonyl (C=O) groups is 2. The third-order valence-corrected chi connectivity index (χ3v) is 2.75. The minimum Gasteiger partial charge on any atom is -0.368 e. The summed E-state index contributed by atoms with van der Waals surface area (Å²) >= 11 is 0. The first-order valence-electron chi connectivity index (χ1n) is 4.47. The van der Waals surface area contributed by atoms with Gasteiger partial charge in [0.15, 0.2) is 0 Å². The fourth-order valence-electron chi connectivity index (χ4n) is 2.12. The monoisotopic (exact) mass is 183 g/mol. The van der Waals surface area contributed by atoms with E-state index in [0.29, 0.717) is 6.54 Å². The molecule has 0 saturated carbocycles. The van der Waals surface area contributed by atoms with Gasteiger partial charge >= 0.3 is 0 Å². The van der Waals surface area contributed by atoms with Crippen molar-refractivity contribution in [1.29, 1.82) is 0 Å².